The molecule has 1 aliphatic carbocycles. The second-order valence-electron chi connectivity index (χ2n) is 7.00. The van der Waals surface area contributed by atoms with E-state index in [0.29, 0.717) is 17.7 Å². The van der Waals surface area contributed by atoms with Gasteiger partial charge < -0.3 is 10.6 Å². The fraction of sp³-hybridized carbons (Fsp3) is 0.333. The molecule has 2 aromatic carbocycles. The summed E-state index contributed by atoms with van der Waals surface area (Å²) in [5.41, 5.74) is 3.94. The molecule has 4 rings (SSSR count). The van der Waals surface area contributed by atoms with Crippen molar-refractivity contribution in [3.05, 3.63) is 65.0 Å². The van der Waals surface area contributed by atoms with E-state index in [2.05, 4.69) is 16.7 Å². The lowest BCUT2D eigenvalue weighted by molar-refractivity contribution is -0.126. The number of benzene rings is 2. The van der Waals surface area contributed by atoms with Gasteiger partial charge in [-0.3, -0.25) is 9.59 Å². The molecule has 1 saturated heterocycles. The fourth-order valence-corrected chi connectivity index (χ4v) is 4.81. The minimum absolute atomic E-state index is 0.210. The molecule has 0 radical (unpaired) electrons. The van der Waals surface area contributed by atoms with Gasteiger partial charge in [-0.15, -0.1) is 11.8 Å². The van der Waals surface area contributed by atoms with E-state index >= 15 is 0 Å². The summed E-state index contributed by atoms with van der Waals surface area (Å²) in [5, 5.41) is 5.31. The van der Waals surface area contributed by atoms with E-state index in [0.717, 1.165) is 24.9 Å². The summed E-state index contributed by atoms with van der Waals surface area (Å²) in [6.45, 7) is 0. The van der Waals surface area contributed by atoms with Crippen LogP contribution in [0.4, 0.5) is 10.1 Å². The molecule has 2 aliphatic rings. The number of anilines is 1. The lowest BCUT2D eigenvalue weighted by atomic mass is 10.1. The molecule has 1 aliphatic heterocycles. The van der Waals surface area contributed by atoms with E-state index in [4.69, 9.17) is 0 Å². The molecule has 27 heavy (non-hydrogen) atoms. The summed E-state index contributed by atoms with van der Waals surface area (Å²) in [5.74, 6) is -0.258. The molecule has 2 N–H and O–H groups in total. The molecule has 0 saturated carbocycles. The number of amides is 2. The maximum Gasteiger partial charge on any atom is 0.247 e. The summed E-state index contributed by atoms with van der Waals surface area (Å²) in [6.07, 6.45) is 3.63. The highest BCUT2D eigenvalue weighted by Gasteiger charge is 2.32. The monoisotopic (exact) mass is 384 g/mol. The van der Waals surface area contributed by atoms with E-state index in [1.54, 1.807) is 18.2 Å². The average Bonchev–Trinajstić information content (AvgIpc) is 3.13. The van der Waals surface area contributed by atoms with Gasteiger partial charge >= 0.3 is 0 Å². The highest BCUT2D eigenvalue weighted by molar-refractivity contribution is 8.00. The highest BCUT2D eigenvalue weighted by atomic mass is 32.2. The molecule has 2 aromatic rings. The molecule has 0 unspecified atom stereocenters. The third-order valence-electron chi connectivity index (χ3n) is 5.12. The first-order valence-corrected chi connectivity index (χ1v) is 10.2. The summed E-state index contributed by atoms with van der Waals surface area (Å²) in [4.78, 5) is 24.9. The van der Waals surface area contributed by atoms with E-state index in [1.807, 2.05) is 12.1 Å². The zero-order valence-electron chi connectivity index (χ0n) is 14.8. The second kappa shape index (κ2) is 7.72. The largest absolute Gasteiger partial charge is 0.343 e. The number of thioether (sulfide) groups is 1. The van der Waals surface area contributed by atoms with Gasteiger partial charge in [0.1, 0.15) is 11.9 Å². The minimum Gasteiger partial charge on any atom is -0.343 e. The van der Waals surface area contributed by atoms with Crippen molar-refractivity contribution in [3.8, 4) is 0 Å². The van der Waals surface area contributed by atoms with Crippen LogP contribution in [-0.4, -0.2) is 28.9 Å². The number of nitrogens with one attached hydrogen (secondary N) is 2. The summed E-state index contributed by atoms with van der Waals surface area (Å²) >= 11 is 1.40. The van der Waals surface area contributed by atoms with Crippen LogP contribution in [0.5, 0.6) is 0 Å². The first-order valence-electron chi connectivity index (χ1n) is 9.18. The Labute approximate surface area is 161 Å². The van der Waals surface area contributed by atoms with Crippen LogP contribution in [-0.2, 0) is 28.9 Å². The Hall–Kier alpha value is -2.34. The van der Waals surface area contributed by atoms with Gasteiger partial charge in [0.25, 0.3) is 0 Å². The molecular weight excluding hydrogens is 363 g/mol. The van der Waals surface area contributed by atoms with Crippen LogP contribution >= 0.6 is 11.8 Å². The topological polar surface area (TPSA) is 58.2 Å². The summed E-state index contributed by atoms with van der Waals surface area (Å²) < 4.78 is 13.8. The quantitative estimate of drug-likeness (QED) is 0.852. The van der Waals surface area contributed by atoms with Gasteiger partial charge in [-0.2, -0.15) is 0 Å². The molecule has 1 heterocycles. The van der Waals surface area contributed by atoms with Crippen molar-refractivity contribution >= 4 is 29.3 Å². The highest BCUT2D eigenvalue weighted by Crippen LogP contribution is 2.26. The van der Waals surface area contributed by atoms with Crippen molar-refractivity contribution in [1.29, 1.82) is 0 Å². The Bertz CT molecular complexity index is 886. The van der Waals surface area contributed by atoms with Crippen LogP contribution in [0, 0.1) is 5.82 Å². The van der Waals surface area contributed by atoms with Gasteiger partial charge in [0.15, 0.2) is 0 Å². The molecule has 6 heteroatoms. The lowest BCUT2D eigenvalue weighted by Crippen LogP contribution is -2.52. The normalized spacial score (nSPS) is 21.4. The number of fused-ring (bicyclic) bond motifs is 1. The van der Waals surface area contributed by atoms with Crippen LogP contribution in [0.1, 0.15) is 23.1 Å². The predicted octanol–water partition coefficient (Wildman–Crippen LogP) is 3.10. The van der Waals surface area contributed by atoms with Crippen LogP contribution in [0.15, 0.2) is 42.5 Å². The number of halogens is 1. The Morgan fingerprint density at radius 1 is 1.19 bits per heavy atom. The number of hydrogen-bond donors (Lipinski definition) is 2. The summed E-state index contributed by atoms with van der Waals surface area (Å²) in [7, 11) is 0. The summed E-state index contributed by atoms with van der Waals surface area (Å²) in [6, 6.07) is 11.9. The number of hydrogen-bond acceptors (Lipinski definition) is 3. The standard InChI is InChI=1S/C21H21FN2O2S/c22-17-7-2-1-4-15(17)11-19-21(26)24-18(12-27-19)20(25)23-16-9-8-13-5-3-6-14(13)10-16/h1-2,4,7-10,18-19H,3,5-6,11-12H2,(H,23,25)(H,24,26)/t18-,19-/m0/s1. The van der Waals surface area contributed by atoms with Crippen LogP contribution in [0.3, 0.4) is 0 Å². The van der Waals surface area contributed by atoms with E-state index in [9.17, 15) is 14.0 Å². The van der Waals surface area contributed by atoms with Crippen LogP contribution < -0.4 is 10.6 Å². The number of aryl methyl sites for hydroxylation is 2. The SMILES string of the molecule is O=C(Nc1ccc2c(c1)CCC2)[C@@H]1CS[C@@H](Cc2ccccc2F)C(=O)N1. The Balaban J connectivity index is 1.35. The molecule has 2 atom stereocenters. The van der Waals surface area contributed by atoms with Gasteiger partial charge in [-0.25, -0.2) is 4.39 Å². The number of rotatable bonds is 4. The van der Waals surface area contributed by atoms with Gasteiger partial charge in [0, 0.05) is 11.4 Å². The molecule has 4 nitrogen and oxygen atoms in total. The molecule has 0 spiro atoms. The third kappa shape index (κ3) is 4.00. The van der Waals surface area contributed by atoms with Gasteiger partial charge in [0.2, 0.25) is 11.8 Å². The number of carbonyl (C=O) groups is 2. The zero-order chi connectivity index (χ0) is 18.8. The van der Waals surface area contributed by atoms with Gasteiger partial charge in [0.05, 0.1) is 5.25 Å². The smallest absolute Gasteiger partial charge is 0.247 e. The molecule has 0 bridgehead atoms. The van der Waals surface area contributed by atoms with E-state index in [1.165, 1.54) is 29.0 Å². The Kier molecular flexibility index (Phi) is 5.16. The number of carbonyl (C=O) groups excluding carboxylic acids is 2. The van der Waals surface area contributed by atoms with Crippen molar-refractivity contribution in [2.75, 3.05) is 11.1 Å². The van der Waals surface area contributed by atoms with Crippen molar-refractivity contribution in [1.82, 2.24) is 5.32 Å². The van der Waals surface area contributed by atoms with Crippen molar-refractivity contribution < 1.29 is 14.0 Å². The zero-order valence-corrected chi connectivity index (χ0v) is 15.7. The third-order valence-corrected chi connectivity index (χ3v) is 6.43. The van der Waals surface area contributed by atoms with Crippen LogP contribution in [0.25, 0.3) is 0 Å². The second-order valence-corrected chi connectivity index (χ2v) is 8.24. The van der Waals surface area contributed by atoms with E-state index < -0.39 is 6.04 Å². The first-order chi connectivity index (χ1) is 13.1. The van der Waals surface area contributed by atoms with Crippen molar-refractivity contribution in [2.24, 2.45) is 0 Å². The van der Waals surface area contributed by atoms with Crippen molar-refractivity contribution in [2.45, 2.75) is 37.0 Å². The molecule has 2 amide bonds. The fourth-order valence-electron chi connectivity index (χ4n) is 3.63. The van der Waals surface area contributed by atoms with Crippen LogP contribution in [0.2, 0.25) is 0 Å². The predicted molar refractivity (Wildman–Crippen MR) is 105 cm³/mol. The van der Waals surface area contributed by atoms with Gasteiger partial charge in [-0.1, -0.05) is 24.3 Å². The first kappa shape index (κ1) is 18.0. The lowest BCUT2D eigenvalue weighted by Gasteiger charge is -2.28. The Morgan fingerprint density at radius 3 is 2.81 bits per heavy atom. The maximum atomic E-state index is 13.8. The molecular formula is C21H21FN2O2S. The molecule has 140 valence electrons. The average molecular weight is 384 g/mol. The van der Waals surface area contributed by atoms with Crippen molar-refractivity contribution in [3.63, 3.8) is 0 Å². The van der Waals surface area contributed by atoms with Gasteiger partial charge in [-0.05, 0) is 60.6 Å². The minimum atomic E-state index is -0.576. The maximum absolute atomic E-state index is 13.8. The molecule has 0 aromatic heterocycles. The Morgan fingerprint density at radius 2 is 2.00 bits per heavy atom. The molecule has 1 fully saturated rings. The van der Waals surface area contributed by atoms with E-state index in [-0.39, 0.29) is 22.9 Å².